The average molecular weight is 251 g/mol. The Hall–Kier alpha value is -1.06. The van der Waals surface area contributed by atoms with Gasteiger partial charge in [-0.05, 0) is 38.4 Å². The van der Waals surface area contributed by atoms with Crippen LogP contribution in [0.3, 0.4) is 0 Å². The molecule has 0 aliphatic heterocycles. The van der Waals surface area contributed by atoms with Crippen LogP contribution in [0.1, 0.15) is 25.3 Å². The number of rotatable bonds is 10. The van der Waals surface area contributed by atoms with Gasteiger partial charge in [-0.3, -0.25) is 0 Å². The van der Waals surface area contributed by atoms with E-state index in [0.717, 1.165) is 51.5 Å². The fourth-order valence-corrected chi connectivity index (χ4v) is 1.55. The lowest BCUT2D eigenvalue weighted by Gasteiger charge is -2.07. The van der Waals surface area contributed by atoms with Crippen LogP contribution in [-0.2, 0) is 4.74 Å². The van der Waals surface area contributed by atoms with Crippen LogP contribution in [0.4, 0.5) is 0 Å². The van der Waals surface area contributed by atoms with Crippen LogP contribution in [-0.4, -0.2) is 32.9 Å². The zero-order valence-corrected chi connectivity index (χ0v) is 11.6. The highest BCUT2D eigenvalue weighted by Crippen LogP contribution is 2.11. The van der Waals surface area contributed by atoms with Gasteiger partial charge in [-0.25, -0.2) is 0 Å². The number of hydrogen-bond acceptors (Lipinski definition) is 3. The first-order valence-corrected chi connectivity index (χ1v) is 6.81. The lowest BCUT2D eigenvalue weighted by Crippen LogP contribution is -2.19. The monoisotopic (exact) mass is 251 g/mol. The summed E-state index contributed by atoms with van der Waals surface area (Å²) in [6.07, 6.45) is 2.09. The van der Waals surface area contributed by atoms with Gasteiger partial charge in [0.25, 0.3) is 0 Å². The second-order valence-electron chi connectivity index (χ2n) is 4.33. The smallest absolute Gasteiger partial charge is 0.119 e. The van der Waals surface area contributed by atoms with Gasteiger partial charge in [0.15, 0.2) is 0 Å². The summed E-state index contributed by atoms with van der Waals surface area (Å²) < 4.78 is 11.1. The van der Waals surface area contributed by atoms with Crippen molar-refractivity contribution >= 4 is 0 Å². The number of aryl methyl sites for hydroxylation is 1. The minimum absolute atomic E-state index is 0.764. The Balaban J connectivity index is 1.91. The largest absolute Gasteiger partial charge is 0.494 e. The highest BCUT2D eigenvalue weighted by molar-refractivity contribution is 5.26. The van der Waals surface area contributed by atoms with Gasteiger partial charge in [0, 0.05) is 13.2 Å². The molecular weight excluding hydrogens is 226 g/mol. The normalized spacial score (nSPS) is 10.6. The molecule has 1 N–H and O–H groups in total. The van der Waals surface area contributed by atoms with Crippen molar-refractivity contribution in [3.8, 4) is 5.75 Å². The van der Waals surface area contributed by atoms with E-state index in [0.29, 0.717) is 0 Å². The first-order chi connectivity index (χ1) is 8.83. The molecule has 0 fully saturated rings. The summed E-state index contributed by atoms with van der Waals surface area (Å²) in [5.74, 6) is 0.952. The molecule has 0 aliphatic carbocycles. The van der Waals surface area contributed by atoms with E-state index in [1.165, 1.54) is 5.56 Å². The average Bonchev–Trinajstić information content (AvgIpc) is 2.39. The quantitative estimate of drug-likeness (QED) is 0.649. The highest BCUT2D eigenvalue weighted by atomic mass is 16.5. The van der Waals surface area contributed by atoms with E-state index in [-0.39, 0.29) is 0 Å². The molecule has 102 valence electrons. The van der Waals surface area contributed by atoms with Crippen LogP contribution >= 0.6 is 0 Å². The van der Waals surface area contributed by atoms with Crippen molar-refractivity contribution in [2.24, 2.45) is 0 Å². The molecule has 0 heterocycles. The first kappa shape index (κ1) is 15.0. The van der Waals surface area contributed by atoms with Gasteiger partial charge in [-0.2, -0.15) is 0 Å². The fourth-order valence-electron chi connectivity index (χ4n) is 1.55. The minimum Gasteiger partial charge on any atom is -0.494 e. The topological polar surface area (TPSA) is 30.5 Å². The number of likely N-dealkylation sites (N-methyl/N-ethyl adjacent to an activating group) is 1. The summed E-state index contributed by atoms with van der Waals surface area (Å²) in [6, 6.07) is 8.17. The molecule has 0 saturated heterocycles. The molecule has 3 heteroatoms. The molecule has 0 amide bonds. The standard InChI is InChI=1S/C15H25NO2/c1-3-16-10-13-17-11-4-5-12-18-15-8-6-14(2)7-9-15/h6-9,16H,3-5,10-13H2,1-2H3. The van der Waals surface area contributed by atoms with Crippen LogP contribution in [0.2, 0.25) is 0 Å². The van der Waals surface area contributed by atoms with Crippen molar-refractivity contribution in [2.45, 2.75) is 26.7 Å². The Kier molecular flexibility index (Phi) is 8.26. The van der Waals surface area contributed by atoms with Crippen molar-refractivity contribution in [1.82, 2.24) is 5.32 Å². The van der Waals surface area contributed by atoms with Crippen molar-refractivity contribution in [2.75, 3.05) is 32.9 Å². The molecule has 0 saturated carbocycles. The van der Waals surface area contributed by atoms with Crippen molar-refractivity contribution in [3.05, 3.63) is 29.8 Å². The van der Waals surface area contributed by atoms with Crippen LogP contribution in [0.5, 0.6) is 5.75 Å². The maximum Gasteiger partial charge on any atom is 0.119 e. The molecule has 0 unspecified atom stereocenters. The van der Waals surface area contributed by atoms with E-state index in [1.54, 1.807) is 0 Å². The zero-order valence-electron chi connectivity index (χ0n) is 11.6. The summed E-state index contributed by atoms with van der Waals surface area (Å²) in [5.41, 5.74) is 1.26. The maximum absolute atomic E-state index is 5.64. The Morgan fingerprint density at radius 3 is 2.44 bits per heavy atom. The summed E-state index contributed by atoms with van der Waals surface area (Å²) in [4.78, 5) is 0. The number of hydrogen-bond donors (Lipinski definition) is 1. The summed E-state index contributed by atoms with van der Waals surface area (Å²) in [6.45, 7) is 8.51. The van der Waals surface area contributed by atoms with Gasteiger partial charge in [0.05, 0.1) is 13.2 Å². The van der Waals surface area contributed by atoms with E-state index < -0.39 is 0 Å². The van der Waals surface area contributed by atoms with Gasteiger partial charge >= 0.3 is 0 Å². The van der Waals surface area contributed by atoms with E-state index in [9.17, 15) is 0 Å². The molecule has 3 nitrogen and oxygen atoms in total. The van der Waals surface area contributed by atoms with Crippen LogP contribution in [0, 0.1) is 6.92 Å². The van der Waals surface area contributed by atoms with Crippen molar-refractivity contribution < 1.29 is 9.47 Å². The Bertz CT molecular complexity index is 298. The molecule has 0 radical (unpaired) electrons. The van der Waals surface area contributed by atoms with Gasteiger partial charge in [-0.15, -0.1) is 0 Å². The van der Waals surface area contributed by atoms with E-state index >= 15 is 0 Å². The molecular formula is C15H25NO2. The summed E-state index contributed by atoms with van der Waals surface area (Å²) in [5, 5.41) is 3.23. The van der Waals surface area contributed by atoms with E-state index in [2.05, 4.69) is 31.3 Å². The lowest BCUT2D eigenvalue weighted by molar-refractivity contribution is 0.128. The van der Waals surface area contributed by atoms with Crippen LogP contribution < -0.4 is 10.1 Å². The molecule has 18 heavy (non-hydrogen) atoms. The van der Waals surface area contributed by atoms with Gasteiger partial charge in [-0.1, -0.05) is 24.6 Å². The third-order valence-electron chi connectivity index (χ3n) is 2.65. The van der Waals surface area contributed by atoms with Gasteiger partial charge in [0.1, 0.15) is 5.75 Å². The van der Waals surface area contributed by atoms with Gasteiger partial charge in [0.2, 0.25) is 0 Å². The zero-order chi connectivity index (χ0) is 13.1. The predicted molar refractivity (Wildman–Crippen MR) is 75.3 cm³/mol. The van der Waals surface area contributed by atoms with Crippen molar-refractivity contribution in [3.63, 3.8) is 0 Å². The molecule has 0 spiro atoms. The number of ether oxygens (including phenoxy) is 2. The highest BCUT2D eigenvalue weighted by Gasteiger charge is 1.94. The summed E-state index contributed by atoms with van der Waals surface area (Å²) >= 11 is 0. The minimum atomic E-state index is 0.764. The lowest BCUT2D eigenvalue weighted by atomic mass is 10.2. The molecule has 1 aromatic rings. The van der Waals surface area contributed by atoms with Crippen LogP contribution in [0.15, 0.2) is 24.3 Å². The Labute approximate surface area is 110 Å². The van der Waals surface area contributed by atoms with E-state index in [4.69, 9.17) is 9.47 Å². The number of benzene rings is 1. The Morgan fingerprint density at radius 1 is 1.00 bits per heavy atom. The van der Waals surface area contributed by atoms with Crippen molar-refractivity contribution in [1.29, 1.82) is 0 Å². The third-order valence-corrected chi connectivity index (χ3v) is 2.65. The molecule has 0 aliphatic rings. The molecule has 0 atom stereocenters. The number of nitrogens with one attached hydrogen (secondary N) is 1. The molecule has 1 aromatic carbocycles. The molecule has 0 aromatic heterocycles. The summed E-state index contributed by atoms with van der Waals surface area (Å²) in [7, 11) is 0. The third kappa shape index (κ3) is 7.30. The Morgan fingerprint density at radius 2 is 1.72 bits per heavy atom. The molecule has 1 rings (SSSR count). The van der Waals surface area contributed by atoms with Crippen LogP contribution in [0.25, 0.3) is 0 Å². The second-order valence-corrected chi connectivity index (χ2v) is 4.33. The first-order valence-electron chi connectivity index (χ1n) is 6.81. The van der Waals surface area contributed by atoms with E-state index in [1.807, 2.05) is 12.1 Å². The molecule has 0 bridgehead atoms. The predicted octanol–water partition coefficient (Wildman–Crippen LogP) is 2.78. The van der Waals surface area contributed by atoms with Gasteiger partial charge < -0.3 is 14.8 Å². The second kappa shape index (κ2) is 9.92. The SMILES string of the molecule is CCNCCOCCCCOc1ccc(C)cc1. The maximum atomic E-state index is 5.64. The number of unbranched alkanes of at least 4 members (excludes halogenated alkanes) is 1. The fraction of sp³-hybridized carbons (Fsp3) is 0.600.